The highest BCUT2D eigenvalue weighted by Crippen LogP contribution is 2.30. The smallest absolute Gasteiger partial charge is 0.197 e. The molecule has 5 aromatic rings. The van der Waals surface area contributed by atoms with Crippen LogP contribution in [0, 0.1) is 13.8 Å². The Morgan fingerprint density at radius 3 is 1.41 bits per heavy atom. The second-order valence-electron chi connectivity index (χ2n) is 8.09. The van der Waals surface area contributed by atoms with Crippen molar-refractivity contribution < 1.29 is 9.47 Å². The topological polar surface area (TPSA) is 84.2 Å². The van der Waals surface area contributed by atoms with E-state index in [-0.39, 0.29) is 10.9 Å². The highest BCUT2D eigenvalue weighted by Gasteiger charge is 2.15. The number of ether oxygens (including phenoxy) is 2. The van der Waals surface area contributed by atoms with Crippen molar-refractivity contribution >= 4 is 43.6 Å². The molecule has 2 heterocycles. The average molecular weight is 428 g/mol. The predicted molar refractivity (Wildman–Crippen MR) is 130 cm³/mol. The molecular weight excluding hydrogens is 404 g/mol. The zero-order valence-corrected chi connectivity index (χ0v) is 18.5. The Kier molecular flexibility index (Phi) is 4.66. The van der Waals surface area contributed by atoms with Crippen LogP contribution in [0.2, 0.25) is 0 Å². The van der Waals surface area contributed by atoms with Gasteiger partial charge in [-0.05, 0) is 75.2 Å². The van der Waals surface area contributed by atoms with Gasteiger partial charge in [-0.1, -0.05) is 0 Å². The lowest BCUT2D eigenvalue weighted by Gasteiger charge is -2.12. The minimum atomic E-state index is -0.102. The van der Waals surface area contributed by atoms with E-state index >= 15 is 0 Å². The van der Waals surface area contributed by atoms with Gasteiger partial charge in [-0.15, -0.1) is 0 Å². The molecule has 0 aliphatic rings. The molecule has 2 N–H and O–H groups in total. The Morgan fingerprint density at radius 1 is 0.625 bits per heavy atom. The number of nitrogens with one attached hydrogen (secondary N) is 2. The van der Waals surface area contributed by atoms with Crippen LogP contribution in [0.3, 0.4) is 0 Å². The van der Waals surface area contributed by atoms with E-state index in [0.717, 1.165) is 11.1 Å². The summed E-state index contributed by atoms with van der Waals surface area (Å²) >= 11 is 0. The quantitative estimate of drug-likeness (QED) is 0.391. The molecule has 0 aliphatic heterocycles. The first-order valence-electron chi connectivity index (χ1n) is 10.8. The molecule has 32 heavy (non-hydrogen) atoms. The fraction of sp³-hybridized carbons (Fsp3) is 0.231. The second-order valence-corrected chi connectivity index (χ2v) is 8.09. The van der Waals surface area contributed by atoms with Crippen LogP contribution in [-0.4, -0.2) is 23.2 Å². The summed E-state index contributed by atoms with van der Waals surface area (Å²) in [4.78, 5) is 33.5. The molecule has 0 spiro atoms. The monoisotopic (exact) mass is 428 g/mol. The second kappa shape index (κ2) is 7.41. The molecule has 0 atom stereocenters. The van der Waals surface area contributed by atoms with E-state index in [4.69, 9.17) is 9.47 Å². The highest BCUT2D eigenvalue weighted by molar-refractivity contribution is 6.04. The van der Waals surface area contributed by atoms with Crippen molar-refractivity contribution in [2.75, 3.05) is 13.2 Å². The van der Waals surface area contributed by atoms with Gasteiger partial charge < -0.3 is 19.4 Å². The largest absolute Gasteiger partial charge is 0.492 e. The summed E-state index contributed by atoms with van der Waals surface area (Å²) in [6.45, 7) is 8.67. The van der Waals surface area contributed by atoms with Crippen LogP contribution >= 0.6 is 0 Å². The molecule has 6 heteroatoms. The van der Waals surface area contributed by atoms with Crippen LogP contribution < -0.4 is 20.3 Å². The van der Waals surface area contributed by atoms with Crippen LogP contribution in [0.5, 0.6) is 11.5 Å². The first-order chi connectivity index (χ1) is 15.4. The van der Waals surface area contributed by atoms with Crippen molar-refractivity contribution in [2.24, 2.45) is 0 Å². The Hall–Kier alpha value is -3.80. The summed E-state index contributed by atoms with van der Waals surface area (Å²) in [5, 5.41) is 2.15. The van der Waals surface area contributed by atoms with E-state index in [1.165, 1.54) is 0 Å². The first kappa shape index (κ1) is 20.1. The molecule has 0 fully saturated rings. The normalized spacial score (nSPS) is 11.6. The Labute approximate surface area is 183 Å². The molecule has 0 radical (unpaired) electrons. The number of aryl methyl sites for hydroxylation is 2. The van der Waals surface area contributed by atoms with E-state index in [9.17, 15) is 9.59 Å². The van der Waals surface area contributed by atoms with Crippen molar-refractivity contribution in [1.29, 1.82) is 0 Å². The van der Waals surface area contributed by atoms with E-state index in [0.29, 0.717) is 68.3 Å². The van der Waals surface area contributed by atoms with Crippen molar-refractivity contribution in [3.8, 4) is 11.5 Å². The predicted octanol–water partition coefficient (Wildman–Crippen LogP) is 5.09. The van der Waals surface area contributed by atoms with Crippen molar-refractivity contribution in [3.63, 3.8) is 0 Å². The van der Waals surface area contributed by atoms with Crippen molar-refractivity contribution in [1.82, 2.24) is 9.97 Å². The molecule has 0 amide bonds. The van der Waals surface area contributed by atoms with Crippen LogP contribution in [0.4, 0.5) is 0 Å². The van der Waals surface area contributed by atoms with Gasteiger partial charge in [0.05, 0.1) is 46.1 Å². The van der Waals surface area contributed by atoms with Gasteiger partial charge in [-0.25, -0.2) is 0 Å². The number of rotatable bonds is 4. The summed E-state index contributed by atoms with van der Waals surface area (Å²) in [7, 11) is 0. The maximum atomic E-state index is 13.4. The molecule has 5 rings (SSSR count). The van der Waals surface area contributed by atoms with Gasteiger partial charge in [0.1, 0.15) is 11.5 Å². The standard InChI is InChI=1S/C26H24N2O4/c1-5-31-21-9-13(3)7-17-23(21)27-19-11-16-20(12-15(19)25(17)29)28-24-18(26(16)30)8-14(4)10-22(24)32-6-2/h7-12H,5-6H2,1-4H3,(H,27,29)(H,28,30). The summed E-state index contributed by atoms with van der Waals surface area (Å²) in [6, 6.07) is 11.0. The molecular formula is C26H24N2O4. The summed E-state index contributed by atoms with van der Waals surface area (Å²) in [5.74, 6) is 1.26. The summed E-state index contributed by atoms with van der Waals surface area (Å²) < 4.78 is 11.5. The van der Waals surface area contributed by atoms with Gasteiger partial charge in [-0.3, -0.25) is 9.59 Å². The molecule has 0 saturated carbocycles. The lowest BCUT2D eigenvalue weighted by molar-refractivity contribution is 0.343. The first-order valence-corrected chi connectivity index (χ1v) is 10.8. The van der Waals surface area contributed by atoms with E-state index in [1.807, 2.05) is 52.0 Å². The number of hydrogen-bond donors (Lipinski definition) is 2. The number of aromatic amines is 2. The van der Waals surface area contributed by atoms with E-state index in [1.54, 1.807) is 12.1 Å². The fourth-order valence-electron chi connectivity index (χ4n) is 4.40. The van der Waals surface area contributed by atoms with Crippen LogP contribution in [0.1, 0.15) is 25.0 Å². The summed E-state index contributed by atoms with van der Waals surface area (Å²) in [5.41, 5.74) is 4.17. The molecule has 2 aromatic heterocycles. The SMILES string of the molecule is CCOc1cc(C)cc2c(=O)c3cc4[nH]c5c(OCC)cc(C)cc5c(=O)c4cc3[nH]c12. The number of benzene rings is 3. The van der Waals surface area contributed by atoms with Crippen molar-refractivity contribution in [3.05, 3.63) is 68.0 Å². The minimum absolute atomic E-state index is 0.102. The summed E-state index contributed by atoms with van der Waals surface area (Å²) in [6.07, 6.45) is 0. The Balaban J connectivity index is 1.92. The lowest BCUT2D eigenvalue weighted by atomic mass is 10.0. The maximum absolute atomic E-state index is 13.4. The molecule has 3 aromatic carbocycles. The van der Waals surface area contributed by atoms with Gasteiger partial charge >= 0.3 is 0 Å². The van der Waals surface area contributed by atoms with E-state index in [2.05, 4.69) is 9.97 Å². The number of fused-ring (bicyclic) bond motifs is 4. The molecule has 0 saturated heterocycles. The van der Waals surface area contributed by atoms with Gasteiger partial charge in [-0.2, -0.15) is 0 Å². The van der Waals surface area contributed by atoms with Gasteiger partial charge in [0.15, 0.2) is 10.9 Å². The van der Waals surface area contributed by atoms with Crippen LogP contribution in [0.25, 0.3) is 43.6 Å². The molecule has 0 bridgehead atoms. The third-order valence-corrected chi connectivity index (χ3v) is 5.75. The molecule has 0 aliphatic carbocycles. The molecule has 0 unspecified atom stereocenters. The number of aromatic nitrogens is 2. The van der Waals surface area contributed by atoms with E-state index < -0.39 is 0 Å². The third kappa shape index (κ3) is 3.02. The Morgan fingerprint density at radius 2 is 1.03 bits per heavy atom. The molecule has 6 nitrogen and oxygen atoms in total. The average Bonchev–Trinajstić information content (AvgIpc) is 2.75. The maximum Gasteiger partial charge on any atom is 0.197 e. The third-order valence-electron chi connectivity index (χ3n) is 5.75. The highest BCUT2D eigenvalue weighted by atomic mass is 16.5. The van der Waals surface area contributed by atoms with Crippen LogP contribution in [-0.2, 0) is 0 Å². The molecule has 162 valence electrons. The number of hydrogen-bond acceptors (Lipinski definition) is 4. The van der Waals surface area contributed by atoms with Crippen molar-refractivity contribution in [2.45, 2.75) is 27.7 Å². The zero-order valence-electron chi connectivity index (χ0n) is 18.5. The van der Waals surface area contributed by atoms with Gasteiger partial charge in [0, 0.05) is 10.8 Å². The fourth-order valence-corrected chi connectivity index (χ4v) is 4.40. The zero-order chi connectivity index (χ0) is 22.6. The number of pyridine rings is 2. The number of H-pyrrole nitrogens is 2. The van der Waals surface area contributed by atoms with Crippen LogP contribution in [0.15, 0.2) is 46.0 Å². The van der Waals surface area contributed by atoms with Gasteiger partial charge in [0.2, 0.25) is 0 Å². The Bertz CT molecular complexity index is 1540. The minimum Gasteiger partial charge on any atom is -0.492 e. The van der Waals surface area contributed by atoms with Gasteiger partial charge in [0.25, 0.3) is 0 Å². The lowest BCUT2D eigenvalue weighted by Crippen LogP contribution is -2.10.